The Balaban J connectivity index is 2.05. The van der Waals surface area contributed by atoms with Crippen molar-refractivity contribution in [2.45, 2.75) is 26.3 Å². The Kier molecular flexibility index (Phi) is 4.13. The molecule has 114 valence electrons. The normalized spacial score (nSPS) is 20.9. The zero-order valence-corrected chi connectivity index (χ0v) is 12.2. The van der Waals surface area contributed by atoms with Crippen LogP contribution in [0.1, 0.15) is 20.3 Å². The molecule has 21 heavy (non-hydrogen) atoms. The second-order valence-electron chi connectivity index (χ2n) is 6.04. The molecule has 0 aliphatic carbocycles. The van der Waals surface area contributed by atoms with Gasteiger partial charge in [-0.2, -0.15) is 0 Å². The number of amides is 2. The third-order valence-electron chi connectivity index (χ3n) is 3.91. The van der Waals surface area contributed by atoms with Gasteiger partial charge in [0.05, 0.1) is 4.92 Å². The summed E-state index contributed by atoms with van der Waals surface area (Å²) in [6.07, 6.45) is 0.745. The molecule has 7 heteroatoms. The minimum atomic E-state index is -0.487. The number of benzene rings is 1. The number of carbonyl (C=O) groups excluding carboxylic acids is 1. The van der Waals surface area contributed by atoms with E-state index >= 15 is 0 Å². The van der Waals surface area contributed by atoms with Crippen LogP contribution in [0.3, 0.4) is 0 Å². The number of nitrogens with zero attached hydrogens (tertiary/aromatic N) is 2. The lowest BCUT2D eigenvalue weighted by atomic mass is 9.80. The van der Waals surface area contributed by atoms with Crippen molar-refractivity contribution in [1.29, 1.82) is 0 Å². The van der Waals surface area contributed by atoms with Crippen molar-refractivity contribution in [1.82, 2.24) is 4.90 Å². The number of anilines is 1. The number of nitrogens with one attached hydrogen (secondary N) is 1. The van der Waals surface area contributed by atoms with E-state index in [1.807, 2.05) is 13.8 Å². The van der Waals surface area contributed by atoms with Crippen LogP contribution in [0, 0.1) is 15.5 Å². The number of carbonyl (C=O) groups is 1. The predicted molar refractivity (Wildman–Crippen MR) is 80.1 cm³/mol. The van der Waals surface area contributed by atoms with Crippen LogP contribution in [0.15, 0.2) is 24.3 Å². The minimum absolute atomic E-state index is 0.0474. The summed E-state index contributed by atoms with van der Waals surface area (Å²) in [6, 6.07) is 5.72. The number of piperidine rings is 1. The third kappa shape index (κ3) is 3.49. The van der Waals surface area contributed by atoms with Gasteiger partial charge in [0.15, 0.2) is 0 Å². The van der Waals surface area contributed by atoms with Gasteiger partial charge in [-0.25, -0.2) is 4.79 Å². The van der Waals surface area contributed by atoms with E-state index in [9.17, 15) is 14.9 Å². The van der Waals surface area contributed by atoms with Crippen molar-refractivity contribution in [2.75, 3.05) is 18.4 Å². The van der Waals surface area contributed by atoms with Gasteiger partial charge in [0.25, 0.3) is 5.69 Å². The molecule has 2 rings (SSSR count). The smallest absolute Gasteiger partial charge is 0.321 e. The van der Waals surface area contributed by atoms with Crippen LogP contribution in [0.4, 0.5) is 16.2 Å². The number of nitro groups is 1. The fourth-order valence-electron chi connectivity index (χ4n) is 2.45. The molecule has 1 heterocycles. The summed E-state index contributed by atoms with van der Waals surface area (Å²) in [5, 5.41) is 13.4. The van der Waals surface area contributed by atoms with Crippen LogP contribution in [-0.4, -0.2) is 35.0 Å². The average Bonchev–Trinajstić information content (AvgIpc) is 2.42. The lowest BCUT2D eigenvalue weighted by molar-refractivity contribution is -0.384. The molecule has 1 saturated heterocycles. The number of rotatable bonds is 2. The van der Waals surface area contributed by atoms with Gasteiger partial charge in [0.1, 0.15) is 0 Å². The summed E-state index contributed by atoms with van der Waals surface area (Å²) < 4.78 is 0. The number of hydrogen-bond donors (Lipinski definition) is 2. The lowest BCUT2D eigenvalue weighted by Crippen LogP contribution is -2.54. The molecule has 3 N–H and O–H groups in total. The number of nitro benzene ring substituents is 1. The quantitative estimate of drug-likeness (QED) is 0.644. The zero-order chi connectivity index (χ0) is 15.6. The van der Waals surface area contributed by atoms with Crippen molar-refractivity contribution in [3.05, 3.63) is 34.4 Å². The Morgan fingerprint density at radius 3 is 2.86 bits per heavy atom. The molecular weight excluding hydrogens is 272 g/mol. The van der Waals surface area contributed by atoms with Crippen LogP contribution in [-0.2, 0) is 0 Å². The Hall–Kier alpha value is -2.15. The van der Waals surface area contributed by atoms with E-state index in [4.69, 9.17) is 5.73 Å². The maximum Gasteiger partial charge on any atom is 0.321 e. The zero-order valence-electron chi connectivity index (χ0n) is 12.2. The number of non-ortho nitro benzene ring substituents is 1. The first-order valence-corrected chi connectivity index (χ1v) is 6.85. The summed E-state index contributed by atoms with van der Waals surface area (Å²) in [5.41, 5.74) is 6.28. The van der Waals surface area contributed by atoms with Gasteiger partial charge in [-0.15, -0.1) is 0 Å². The summed E-state index contributed by atoms with van der Waals surface area (Å²) in [5.74, 6) is 0. The Morgan fingerprint density at radius 2 is 2.24 bits per heavy atom. The SMILES string of the molecule is CC1(C)CN(C(=O)Nc2cccc([N+](=O)[O-])c2)CCC1N. The monoisotopic (exact) mass is 292 g/mol. The van der Waals surface area contributed by atoms with Gasteiger partial charge in [-0.1, -0.05) is 19.9 Å². The van der Waals surface area contributed by atoms with E-state index in [1.165, 1.54) is 12.1 Å². The molecule has 0 bridgehead atoms. The van der Waals surface area contributed by atoms with E-state index in [0.717, 1.165) is 6.42 Å². The van der Waals surface area contributed by atoms with Gasteiger partial charge in [-0.05, 0) is 17.9 Å². The van der Waals surface area contributed by atoms with Crippen molar-refractivity contribution in [2.24, 2.45) is 11.1 Å². The van der Waals surface area contributed by atoms with Crippen molar-refractivity contribution >= 4 is 17.4 Å². The molecule has 1 aliphatic heterocycles. The van der Waals surface area contributed by atoms with E-state index in [1.54, 1.807) is 17.0 Å². The first-order valence-electron chi connectivity index (χ1n) is 6.85. The molecular formula is C14H20N4O3. The highest BCUT2D eigenvalue weighted by atomic mass is 16.6. The average molecular weight is 292 g/mol. The van der Waals surface area contributed by atoms with Crippen LogP contribution in [0.5, 0.6) is 0 Å². The van der Waals surface area contributed by atoms with Crippen LogP contribution < -0.4 is 11.1 Å². The number of urea groups is 1. The van der Waals surface area contributed by atoms with E-state index in [0.29, 0.717) is 18.8 Å². The first kappa shape index (κ1) is 15.2. The molecule has 0 spiro atoms. The van der Waals surface area contributed by atoms with Crippen LogP contribution in [0.25, 0.3) is 0 Å². The summed E-state index contributed by atoms with van der Waals surface area (Å²) in [6.45, 7) is 5.22. The molecule has 1 aromatic carbocycles. The minimum Gasteiger partial charge on any atom is -0.327 e. The summed E-state index contributed by atoms with van der Waals surface area (Å²) in [7, 11) is 0. The second kappa shape index (κ2) is 5.69. The molecule has 1 atom stereocenters. The highest BCUT2D eigenvalue weighted by Crippen LogP contribution is 2.28. The second-order valence-corrected chi connectivity index (χ2v) is 6.04. The van der Waals surface area contributed by atoms with Crippen LogP contribution in [0.2, 0.25) is 0 Å². The molecule has 1 aromatic rings. The lowest BCUT2D eigenvalue weighted by Gasteiger charge is -2.42. The molecule has 0 aromatic heterocycles. The van der Waals surface area contributed by atoms with Crippen LogP contribution >= 0.6 is 0 Å². The molecule has 1 fully saturated rings. The van der Waals surface area contributed by atoms with Gasteiger partial charge in [-0.3, -0.25) is 10.1 Å². The predicted octanol–water partition coefficient (Wildman–Crippen LogP) is 2.19. The van der Waals surface area contributed by atoms with Gasteiger partial charge >= 0.3 is 6.03 Å². The van der Waals surface area contributed by atoms with E-state index in [-0.39, 0.29) is 23.2 Å². The highest BCUT2D eigenvalue weighted by molar-refractivity contribution is 5.89. The fourth-order valence-corrected chi connectivity index (χ4v) is 2.45. The maximum absolute atomic E-state index is 12.2. The Labute approximate surface area is 123 Å². The first-order chi connectivity index (χ1) is 9.79. The Morgan fingerprint density at radius 1 is 1.52 bits per heavy atom. The fraction of sp³-hybridized carbons (Fsp3) is 0.500. The largest absolute Gasteiger partial charge is 0.327 e. The molecule has 2 amide bonds. The molecule has 0 saturated carbocycles. The van der Waals surface area contributed by atoms with E-state index < -0.39 is 4.92 Å². The number of likely N-dealkylation sites (tertiary alicyclic amines) is 1. The maximum atomic E-state index is 12.2. The van der Waals surface area contributed by atoms with E-state index in [2.05, 4.69) is 5.32 Å². The standard InChI is InChI=1S/C14H20N4O3/c1-14(2)9-17(7-6-12(14)15)13(19)16-10-4-3-5-11(8-10)18(20)21/h3-5,8,12H,6-7,9,15H2,1-2H3,(H,16,19). The summed E-state index contributed by atoms with van der Waals surface area (Å²) in [4.78, 5) is 24.2. The van der Waals surface area contributed by atoms with Gasteiger partial charge < -0.3 is 16.0 Å². The van der Waals surface area contributed by atoms with Crippen molar-refractivity contribution in [3.8, 4) is 0 Å². The Bertz CT molecular complexity index is 559. The summed E-state index contributed by atoms with van der Waals surface area (Å²) >= 11 is 0. The molecule has 7 nitrogen and oxygen atoms in total. The molecule has 1 unspecified atom stereocenters. The van der Waals surface area contributed by atoms with Crippen molar-refractivity contribution in [3.63, 3.8) is 0 Å². The topological polar surface area (TPSA) is 102 Å². The number of nitrogens with two attached hydrogens (primary N) is 1. The molecule has 0 radical (unpaired) electrons. The van der Waals surface area contributed by atoms with Gasteiger partial charge in [0.2, 0.25) is 0 Å². The van der Waals surface area contributed by atoms with Gasteiger partial charge in [0, 0.05) is 37.0 Å². The molecule has 1 aliphatic rings. The highest BCUT2D eigenvalue weighted by Gasteiger charge is 2.35. The number of hydrogen-bond acceptors (Lipinski definition) is 4. The third-order valence-corrected chi connectivity index (χ3v) is 3.91. The van der Waals surface area contributed by atoms with Crippen molar-refractivity contribution < 1.29 is 9.72 Å².